The van der Waals surface area contributed by atoms with E-state index in [-0.39, 0.29) is 0 Å². The fourth-order valence-electron chi connectivity index (χ4n) is 4.38. The van der Waals surface area contributed by atoms with Crippen molar-refractivity contribution in [3.63, 3.8) is 0 Å². The number of benzene rings is 3. The molecule has 0 spiro atoms. The van der Waals surface area contributed by atoms with Gasteiger partial charge < -0.3 is 0 Å². The standard InChI is InChI=1S/C24H19BrN2/c1-14-10-15(2)23(16(3)11-14)17-4-6-20-19-7-5-18(25)13-21(19)24-26-8-9-27(24)22(20)12-17/h4-13H,1-3H3. The fourth-order valence-corrected chi connectivity index (χ4v) is 4.74. The lowest BCUT2D eigenvalue weighted by atomic mass is 9.92. The summed E-state index contributed by atoms with van der Waals surface area (Å²) in [5.41, 5.74) is 8.71. The van der Waals surface area contributed by atoms with Gasteiger partial charge >= 0.3 is 0 Å². The number of hydrogen-bond acceptors (Lipinski definition) is 1. The van der Waals surface area contributed by atoms with Crippen LogP contribution < -0.4 is 0 Å². The first-order valence-corrected chi connectivity index (χ1v) is 9.88. The van der Waals surface area contributed by atoms with Crippen molar-refractivity contribution in [3.05, 3.63) is 82.1 Å². The van der Waals surface area contributed by atoms with E-state index in [0.717, 1.165) is 15.5 Å². The normalized spacial score (nSPS) is 11.7. The van der Waals surface area contributed by atoms with Gasteiger partial charge in [-0.2, -0.15) is 0 Å². The van der Waals surface area contributed by atoms with Crippen LogP contribution in [0.2, 0.25) is 0 Å². The lowest BCUT2D eigenvalue weighted by Crippen LogP contribution is -1.94. The van der Waals surface area contributed by atoms with E-state index in [9.17, 15) is 0 Å². The molecule has 3 aromatic carbocycles. The number of nitrogens with zero attached hydrogens (tertiary/aromatic N) is 2. The Morgan fingerprint density at radius 2 is 1.56 bits per heavy atom. The maximum Gasteiger partial charge on any atom is 0.145 e. The third kappa shape index (κ3) is 2.49. The van der Waals surface area contributed by atoms with Crippen LogP contribution in [0.25, 0.3) is 38.4 Å². The molecule has 2 nitrogen and oxygen atoms in total. The van der Waals surface area contributed by atoms with Gasteiger partial charge in [0, 0.05) is 27.6 Å². The fraction of sp³-hybridized carbons (Fsp3) is 0.125. The Morgan fingerprint density at radius 1 is 0.815 bits per heavy atom. The average Bonchev–Trinajstić information content (AvgIpc) is 3.11. The zero-order chi connectivity index (χ0) is 18.7. The molecule has 0 N–H and O–H groups in total. The van der Waals surface area contributed by atoms with Gasteiger partial charge in [0.05, 0.1) is 5.52 Å². The molecule has 2 aromatic heterocycles. The van der Waals surface area contributed by atoms with Crippen LogP contribution in [0.3, 0.4) is 0 Å². The Kier molecular flexibility index (Phi) is 3.63. The molecule has 0 bridgehead atoms. The molecule has 0 unspecified atom stereocenters. The number of aryl methyl sites for hydroxylation is 3. The Hall–Kier alpha value is -2.65. The molecule has 27 heavy (non-hydrogen) atoms. The van der Waals surface area contributed by atoms with Crippen LogP contribution in [0, 0.1) is 20.8 Å². The summed E-state index contributed by atoms with van der Waals surface area (Å²) in [5, 5.41) is 3.64. The molecule has 3 heteroatoms. The average molecular weight is 415 g/mol. The van der Waals surface area contributed by atoms with Gasteiger partial charge in [-0.3, -0.25) is 4.40 Å². The second-order valence-corrected chi connectivity index (χ2v) is 8.23. The van der Waals surface area contributed by atoms with Gasteiger partial charge in [0.1, 0.15) is 5.65 Å². The zero-order valence-corrected chi connectivity index (χ0v) is 17.1. The van der Waals surface area contributed by atoms with E-state index >= 15 is 0 Å². The molecule has 5 rings (SSSR count). The molecular formula is C24H19BrN2. The minimum atomic E-state index is 0.994. The van der Waals surface area contributed by atoms with E-state index in [1.165, 1.54) is 44.1 Å². The number of fused-ring (bicyclic) bond motifs is 6. The summed E-state index contributed by atoms with van der Waals surface area (Å²) in [4.78, 5) is 4.63. The molecule has 5 aromatic rings. The summed E-state index contributed by atoms with van der Waals surface area (Å²) in [6.07, 6.45) is 3.93. The van der Waals surface area contributed by atoms with E-state index < -0.39 is 0 Å². The van der Waals surface area contributed by atoms with Crippen molar-refractivity contribution in [2.75, 3.05) is 0 Å². The predicted molar refractivity (Wildman–Crippen MR) is 118 cm³/mol. The third-order valence-electron chi connectivity index (χ3n) is 5.38. The van der Waals surface area contributed by atoms with Crippen molar-refractivity contribution >= 4 is 43.3 Å². The van der Waals surface area contributed by atoms with E-state index in [1.54, 1.807) is 0 Å². The second-order valence-electron chi connectivity index (χ2n) is 7.32. The molecule has 132 valence electrons. The van der Waals surface area contributed by atoms with Crippen molar-refractivity contribution in [2.24, 2.45) is 0 Å². The summed E-state index contributed by atoms with van der Waals surface area (Å²) in [7, 11) is 0. The highest BCUT2D eigenvalue weighted by Gasteiger charge is 2.13. The largest absolute Gasteiger partial charge is 0.299 e. The molecule has 0 fully saturated rings. The number of rotatable bonds is 1. The molecular weight excluding hydrogens is 396 g/mol. The Bertz CT molecular complexity index is 1340. The van der Waals surface area contributed by atoms with Crippen LogP contribution >= 0.6 is 15.9 Å². The van der Waals surface area contributed by atoms with Gasteiger partial charge in [-0.25, -0.2) is 4.98 Å². The van der Waals surface area contributed by atoms with Crippen LogP contribution in [0.15, 0.2) is 65.4 Å². The van der Waals surface area contributed by atoms with E-state index in [1.807, 2.05) is 6.20 Å². The lowest BCUT2D eigenvalue weighted by Gasteiger charge is -2.14. The monoisotopic (exact) mass is 414 g/mol. The molecule has 0 amide bonds. The highest BCUT2D eigenvalue weighted by atomic mass is 79.9. The smallest absolute Gasteiger partial charge is 0.145 e. The van der Waals surface area contributed by atoms with Crippen LogP contribution in [-0.2, 0) is 0 Å². The topological polar surface area (TPSA) is 17.3 Å². The first-order chi connectivity index (χ1) is 13.0. The Morgan fingerprint density at radius 3 is 2.33 bits per heavy atom. The van der Waals surface area contributed by atoms with Crippen LogP contribution in [-0.4, -0.2) is 9.38 Å². The van der Waals surface area contributed by atoms with Crippen molar-refractivity contribution in [1.29, 1.82) is 0 Å². The van der Waals surface area contributed by atoms with E-state index in [2.05, 4.69) is 101 Å². The Balaban J connectivity index is 1.90. The van der Waals surface area contributed by atoms with E-state index in [0.29, 0.717) is 0 Å². The summed E-state index contributed by atoms with van der Waals surface area (Å²) in [5.74, 6) is 0. The second kappa shape index (κ2) is 5.93. The quantitative estimate of drug-likeness (QED) is 0.270. The Labute approximate surface area is 166 Å². The lowest BCUT2D eigenvalue weighted by molar-refractivity contribution is 1.27. The SMILES string of the molecule is Cc1cc(C)c(-c2ccc3c4ccc(Br)cc4c4nccn4c3c2)c(C)c1. The maximum atomic E-state index is 4.63. The van der Waals surface area contributed by atoms with Gasteiger partial charge in [-0.1, -0.05) is 51.8 Å². The van der Waals surface area contributed by atoms with Gasteiger partial charge in [0.15, 0.2) is 0 Å². The van der Waals surface area contributed by atoms with Gasteiger partial charge in [-0.05, 0) is 66.6 Å². The summed E-state index contributed by atoms with van der Waals surface area (Å²) >= 11 is 3.60. The number of aromatic nitrogens is 2. The van der Waals surface area contributed by atoms with Crippen molar-refractivity contribution in [1.82, 2.24) is 9.38 Å². The van der Waals surface area contributed by atoms with Gasteiger partial charge in [0.2, 0.25) is 0 Å². The third-order valence-corrected chi connectivity index (χ3v) is 5.87. The number of imidazole rings is 1. The van der Waals surface area contributed by atoms with Crippen molar-refractivity contribution < 1.29 is 0 Å². The van der Waals surface area contributed by atoms with Crippen LogP contribution in [0.4, 0.5) is 0 Å². The predicted octanol–water partition coefficient (Wildman–Crippen LogP) is 7.00. The van der Waals surface area contributed by atoms with Crippen molar-refractivity contribution in [2.45, 2.75) is 20.8 Å². The molecule has 0 atom stereocenters. The summed E-state index contributed by atoms with van der Waals surface area (Å²) < 4.78 is 3.27. The summed E-state index contributed by atoms with van der Waals surface area (Å²) in [6.45, 7) is 6.55. The minimum absolute atomic E-state index is 0.994. The molecule has 2 heterocycles. The van der Waals surface area contributed by atoms with Crippen LogP contribution in [0.5, 0.6) is 0 Å². The highest BCUT2D eigenvalue weighted by Crippen LogP contribution is 2.35. The van der Waals surface area contributed by atoms with Crippen LogP contribution in [0.1, 0.15) is 16.7 Å². The molecule has 0 saturated heterocycles. The number of pyridine rings is 1. The van der Waals surface area contributed by atoms with E-state index in [4.69, 9.17) is 0 Å². The number of hydrogen-bond donors (Lipinski definition) is 0. The zero-order valence-electron chi connectivity index (χ0n) is 15.5. The maximum absolute atomic E-state index is 4.63. The first kappa shape index (κ1) is 16.5. The summed E-state index contributed by atoms with van der Waals surface area (Å²) in [6, 6.07) is 17.8. The minimum Gasteiger partial charge on any atom is -0.299 e. The van der Waals surface area contributed by atoms with Gasteiger partial charge in [-0.15, -0.1) is 0 Å². The highest BCUT2D eigenvalue weighted by molar-refractivity contribution is 9.10. The van der Waals surface area contributed by atoms with Crippen molar-refractivity contribution in [3.8, 4) is 11.1 Å². The van der Waals surface area contributed by atoms with Gasteiger partial charge in [0.25, 0.3) is 0 Å². The molecule has 0 radical (unpaired) electrons. The first-order valence-electron chi connectivity index (χ1n) is 9.09. The molecule has 0 aliphatic heterocycles. The number of halogens is 1. The molecule has 0 saturated carbocycles. The molecule has 0 aliphatic rings. The molecule has 0 aliphatic carbocycles.